The van der Waals surface area contributed by atoms with Crippen molar-refractivity contribution in [3.8, 4) is 0 Å². The Kier molecular flexibility index (Phi) is 3.60. The Morgan fingerprint density at radius 1 is 1.55 bits per heavy atom. The minimum absolute atomic E-state index is 0.0445. The van der Waals surface area contributed by atoms with Gasteiger partial charge in [0.25, 0.3) is 0 Å². The summed E-state index contributed by atoms with van der Waals surface area (Å²) in [6.45, 7) is 5.68. The van der Waals surface area contributed by atoms with Gasteiger partial charge in [0.2, 0.25) is 5.91 Å². The van der Waals surface area contributed by atoms with Gasteiger partial charge < -0.3 is 9.64 Å². The summed E-state index contributed by atoms with van der Waals surface area (Å²) in [5, 5.41) is 3.56. The summed E-state index contributed by atoms with van der Waals surface area (Å²) in [6, 6.07) is 4.27. The predicted molar refractivity (Wildman–Crippen MR) is 79.7 cm³/mol. The molecule has 0 aromatic carbocycles. The normalized spacial score (nSPS) is 25.4. The lowest BCUT2D eigenvalue weighted by molar-refractivity contribution is -0.131. The second-order valence-electron chi connectivity index (χ2n) is 6.10. The number of hydrogen-bond acceptors (Lipinski definition) is 4. The van der Waals surface area contributed by atoms with Gasteiger partial charge in [-0.15, -0.1) is 11.3 Å². The van der Waals surface area contributed by atoms with Crippen molar-refractivity contribution in [2.75, 3.05) is 20.3 Å². The molecule has 2 fully saturated rings. The lowest BCUT2D eigenvalue weighted by atomic mass is 10.1. The maximum absolute atomic E-state index is 12.6. The molecule has 1 aromatic rings. The number of rotatable bonds is 5. The van der Waals surface area contributed by atoms with E-state index in [2.05, 4.69) is 31.3 Å². The molecule has 4 nitrogen and oxygen atoms in total. The molecule has 2 unspecified atom stereocenters. The number of nitrogens with zero attached hydrogens (tertiary/aromatic N) is 1. The highest BCUT2D eigenvalue weighted by atomic mass is 32.1. The average Bonchev–Trinajstić information content (AvgIpc) is 3.00. The molecule has 3 rings (SSSR count). The van der Waals surface area contributed by atoms with Crippen molar-refractivity contribution < 1.29 is 9.53 Å². The number of aryl methyl sites for hydroxylation is 1. The fourth-order valence-electron chi connectivity index (χ4n) is 2.96. The monoisotopic (exact) mass is 294 g/mol. The van der Waals surface area contributed by atoms with Crippen molar-refractivity contribution in [3.05, 3.63) is 21.9 Å². The second-order valence-corrected chi connectivity index (χ2v) is 7.41. The smallest absolute Gasteiger partial charge is 0.244 e. The highest BCUT2D eigenvalue weighted by molar-refractivity contribution is 7.12. The van der Waals surface area contributed by atoms with Crippen LogP contribution < -0.4 is 5.32 Å². The molecule has 1 aliphatic carbocycles. The Balaban J connectivity index is 1.81. The SMILES string of the molecule is COCC(C)CN1C(=O)C2(CC2)NC1c1ccc(C)s1. The van der Waals surface area contributed by atoms with Crippen molar-refractivity contribution in [1.29, 1.82) is 0 Å². The summed E-state index contributed by atoms with van der Waals surface area (Å²) in [6.07, 6.45) is 1.99. The first-order valence-electron chi connectivity index (χ1n) is 7.20. The van der Waals surface area contributed by atoms with Gasteiger partial charge in [0.05, 0.1) is 6.61 Å². The number of nitrogens with one attached hydrogen (secondary N) is 1. The van der Waals surface area contributed by atoms with Gasteiger partial charge in [0, 0.05) is 23.4 Å². The summed E-state index contributed by atoms with van der Waals surface area (Å²) >= 11 is 1.77. The van der Waals surface area contributed by atoms with Crippen molar-refractivity contribution >= 4 is 17.2 Å². The lowest BCUT2D eigenvalue weighted by Gasteiger charge is -2.26. The molecule has 1 aromatic heterocycles. The summed E-state index contributed by atoms with van der Waals surface area (Å²) in [4.78, 5) is 17.2. The van der Waals surface area contributed by atoms with Gasteiger partial charge >= 0.3 is 0 Å². The standard InChI is InChI=1S/C15H22N2O2S/c1-10(9-19-3)8-17-13(12-5-4-11(2)20-12)16-15(6-7-15)14(17)18/h4-5,10,13,16H,6-9H2,1-3H3. The van der Waals surface area contributed by atoms with Gasteiger partial charge in [-0.2, -0.15) is 0 Å². The zero-order valence-corrected chi connectivity index (χ0v) is 13.1. The van der Waals surface area contributed by atoms with Crippen molar-refractivity contribution in [2.24, 2.45) is 5.92 Å². The molecule has 110 valence electrons. The van der Waals surface area contributed by atoms with E-state index in [9.17, 15) is 4.79 Å². The van der Waals surface area contributed by atoms with E-state index in [1.54, 1.807) is 18.4 Å². The summed E-state index contributed by atoms with van der Waals surface area (Å²) < 4.78 is 5.21. The zero-order chi connectivity index (χ0) is 14.3. The molecule has 1 aliphatic heterocycles. The van der Waals surface area contributed by atoms with Crippen LogP contribution in [0.2, 0.25) is 0 Å². The van der Waals surface area contributed by atoms with E-state index in [0.717, 1.165) is 19.4 Å². The fourth-order valence-corrected chi connectivity index (χ4v) is 3.90. The van der Waals surface area contributed by atoms with E-state index in [1.807, 2.05) is 4.90 Å². The van der Waals surface area contributed by atoms with Crippen LogP contribution in [0.4, 0.5) is 0 Å². The topological polar surface area (TPSA) is 41.6 Å². The van der Waals surface area contributed by atoms with Crippen molar-refractivity contribution in [3.63, 3.8) is 0 Å². The molecule has 2 heterocycles. The van der Waals surface area contributed by atoms with Gasteiger partial charge in [-0.25, -0.2) is 0 Å². The van der Waals surface area contributed by atoms with Crippen LogP contribution in [0.15, 0.2) is 12.1 Å². The third-order valence-corrected chi connectivity index (χ3v) is 5.19. The third kappa shape index (κ3) is 2.38. The molecule has 1 saturated carbocycles. The number of hydrogen-bond donors (Lipinski definition) is 1. The van der Waals surface area contributed by atoms with E-state index in [0.29, 0.717) is 12.5 Å². The fraction of sp³-hybridized carbons (Fsp3) is 0.667. The van der Waals surface area contributed by atoms with E-state index >= 15 is 0 Å². The van der Waals surface area contributed by atoms with E-state index in [1.165, 1.54) is 9.75 Å². The van der Waals surface area contributed by atoms with Gasteiger partial charge in [0.15, 0.2) is 0 Å². The lowest BCUT2D eigenvalue weighted by Crippen LogP contribution is -2.36. The van der Waals surface area contributed by atoms with E-state index in [4.69, 9.17) is 4.74 Å². The van der Waals surface area contributed by atoms with Crippen molar-refractivity contribution in [2.45, 2.75) is 38.4 Å². The quantitative estimate of drug-likeness (QED) is 0.906. The summed E-state index contributed by atoms with van der Waals surface area (Å²) in [5.74, 6) is 0.625. The first-order chi connectivity index (χ1) is 9.55. The second kappa shape index (κ2) is 5.13. The molecule has 1 saturated heterocycles. The van der Waals surface area contributed by atoms with Crippen LogP contribution in [-0.2, 0) is 9.53 Å². The maximum Gasteiger partial charge on any atom is 0.244 e. The van der Waals surface area contributed by atoms with Crippen LogP contribution in [0.5, 0.6) is 0 Å². The molecule has 20 heavy (non-hydrogen) atoms. The first-order valence-corrected chi connectivity index (χ1v) is 8.01. The largest absolute Gasteiger partial charge is 0.384 e. The number of methoxy groups -OCH3 is 1. The molecule has 1 amide bonds. The molecule has 1 N–H and O–H groups in total. The minimum atomic E-state index is -0.255. The molecule has 2 atom stereocenters. The van der Waals surface area contributed by atoms with Gasteiger partial charge in [-0.3, -0.25) is 10.1 Å². The number of carbonyl (C=O) groups excluding carboxylic acids is 1. The highest BCUT2D eigenvalue weighted by Gasteiger charge is 2.59. The molecule has 5 heteroatoms. The van der Waals surface area contributed by atoms with Gasteiger partial charge in [0.1, 0.15) is 11.7 Å². The number of ether oxygens (including phenoxy) is 1. The molecule has 2 aliphatic rings. The zero-order valence-electron chi connectivity index (χ0n) is 12.3. The molecular formula is C15H22N2O2S. The van der Waals surface area contributed by atoms with Crippen molar-refractivity contribution in [1.82, 2.24) is 10.2 Å². The highest BCUT2D eigenvalue weighted by Crippen LogP contribution is 2.47. The van der Waals surface area contributed by atoms with Crippen LogP contribution in [0.1, 0.15) is 35.7 Å². The number of amides is 1. The maximum atomic E-state index is 12.6. The summed E-state index contributed by atoms with van der Waals surface area (Å²) in [7, 11) is 1.71. The molecular weight excluding hydrogens is 272 g/mol. The van der Waals surface area contributed by atoms with Crippen LogP contribution in [0, 0.1) is 12.8 Å². The Morgan fingerprint density at radius 2 is 2.30 bits per heavy atom. The van der Waals surface area contributed by atoms with Crippen LogP contribution in [-0.4, -0.2) is 36.6 Å². The van der Waals surface area contributed by atoms with Crippen LogP contribution >= 0.6 is 11.3 Å². The number of carbonyl (C=O) groups is 1. The third-order valence-electron chi connectivity index (χ3n) is 4.14. The Morgan fingerprint density at radius 3 is 2.85 bits per heavy atom. The first kappa shape index (κ1) is 14.0. The Bertz CT molecular complexity index is 510. The summed E-state index contributed by atoms with van der Waals surface area (Å²) in [5.41, 5.74) is -0.255. The predicted octanol–water partition coefficient (Wildman–Crippen LogP) is 2.30. The van der Waals surface area contributed by atoms with Gasteiger partial charge in [-0.05, 0) is 37.8 Å². The van der Waals surface area contributed by atoms with E-state index < -0.39 is 0 Å². The Hall–Kier alpha value is -0.910. The molecule has 0 radical (unpaired) electrons. The Labute approximate surface area is 124 Å². The van der Waals surface area contributed by atoms with Gasteiger partial charge in [-0.1, -0.05) is 6.92 Å². The van der Waals surface area contributed by atoms with E-state index in [-0.39, 0.29) is 17.6 Å². The molecule has 0 bridgehead atoms. The molecule has 1 spiro atoms. The number of thiophene rings is 1. The van der Waals surface area contributed by atoms with Crippen LogP contribution in [0.3, 0.4) is 0 Å². The average molecular weight is 294 g/mol. The van der Waals surface area contributed by atoms with Crippen LogP contribution in [0.25, 0.3) is 0 Å². The minimum Gasteiger partial charge on any atom is -0.384 e.